The molecule has 0 unspecified atom stereocenters. The van der Waals surface area contributed by atoms with Crippen LogP contribution in [0, 0.1) is 0 Å². The van der Waals surface area contributed by atoms with Crippen molar-refractivity contribution in [1.82, 2.24) is 4.90 Å². The Hall–Kier alpha value is -1.81. The van der Waals surface area contributed by atoms with Crippen LogP contribution in [0.5, 0.6) is 0 Å². The summed E-state index contributed by atoms with van der Waals surface area (Å²) < 4.78 is 0. The zero-order chi connectivity index (χ0) is 14.8. The first-order valence-electron chi connectivity index (χ1n) is 7.28. The van der Waals surface area contributed by atoms with Gasteiger partial charge in [0, 0.05) is 36.8 Å². The van der Waals surface area contributed by atoms with Crippen LogP contribution in [0.4, 0.5) is 5.69 Å². The van der Waals surface area contributed by atoms with Gasteiger partial charge in [-0.2, -0.15) is 0 Å². The van der Waals surface area contributed by atoms with Crippen molar-refractivity contribution in [1.29, 1.82) is 0 Å². The molecule has 0 spiro atoms. The number of benzene rings is 1. The zero-order valence-electron chi connectivity index (χ0n) is 12.5. The van der Waals surface area contributed by atoms with Crippen LogP contribution in [-0.4, -0.2) is 31.4 Å². The number of anilines is 1. The van der Waals surface area contributed by atoms with Crippen molar-refractivity contribution in [2.24, 2.45) is 0 Å². The predicted molar refractivity (Wildman–Crippen MR) is 88.1 cm³/mol. The van der Waals surface area contributed by atoms with E-state index in [1.807, 2.05) is 48.2 Å². The number of carbonyl (C=O) groups is 1. The molecule has 2 heterocycles. The molecule has 1 aliphatic rings. The molecule has 0 radical (unpaired) electrons. The summed E-state index contributed by atoms with van der Waals surface area (Å²) >= 11 is 1.74. The summed E-state index contributed by atoms with van der Waals surface area (Å²) in [7, 11) is 4.01. The molecule has 1 aliphatic heterocycles. The number of hydrogen-bond acceptors (Lipinski definition) is 3. The van der Waals surface area contributed by atoms with Gasteiger partial charge in [0.15, 0.2) is 0 Å². The summed E-state index contributed by atoms with van der Waals surface area (Å²) in [5.74, 6) is 0.149. The average Bonchev–Trinajstić information content (AvgIpc) is 3.17. The predicted octanol–water partition coefficient (Wildman–Crippen LogP) is 3.79. The maximum atomic E-state index is 12.8. The standard InChI is InChI=1S/C17H20N2OS/c1-18(2)14-9-7-13(8-10-14)17(20)19-11-3-5-15(19)16-6-4-12-21-16/h4,6-10,12,15H,3,5,11H2,1-2H3/t15-/m1/s1. The molecular weight excluding hydrogens is 280 g/mol. The van der Waals surface area contributed by atoms with E-state index in [-0.39, 0.29) is 11.9 Å². The van der Waals surface area contributed by atoms with E-state index in [0.717, 1.165) is 30.6 Å². The van der Waals surface area contributed by atoms with E-state index >= 15 is 0 Å². The molecule has 4 heteroatoms. The number of rotatable bonds is 3. The molecule has 1 aromatic heterocycles. The molecule has 3 rings (SSSR count). The van der Waals surface area contributed by atoms with E-state index in [0.29, 0.717) is 0 Å². The molecular formula is C17H20N2OS. The van der Waals surface area contributed by atoms with Crippen LogP contribution < -0.4 is 4.90 Å². The monoisotopic (exact) mass is 300 g/mol. The van der Waals surface area contributed by atoms with Crippen molar-refractivity contribution in [3.8, 4) is 0 Å². The molecule has 0 bridgehead atoms. The number of likely N-dealkylation sites (tertiary alicyclic amines) is 1. The minimum atomic E-state index is 0.149. The van der Waals surface area contributed by atoms with E-state index in [1.165, 1.54) is 4.88 Å². The Labute approximate surface area is 129 Å². The van der Waals surface area contributed by atoms with E-state index < -0.39 is 0 Å². The van der Waals surface area contributed by atoms with E-state index in [9.17, 15) is 4.79 Å². The smallest absolute Gasteiger partial charge is 0.254 e. The van der Waals surface area contributed by atoms with Crippen molar-refractivity contribution in [2.45, 2.75) is 18.9 Å². The van der Waals surface area contributed by atoms with Gasteiger partial charge in [0.1, 0.15) is 0 Å². The van der Waals surface area contributed by atoms with E-state index in [1.54, 1.807) is 11.3 Å². The largest absolute Gasteiger partial charge is 0.378 e. The summed E-state index contributed by atoms with van der Waals surface area (Å²) in [5, 5.41) is 2.09. The zero-order valence-corrected chi connectivity index (χ0v) is 13.3. The highest BCUT2D eigenvalue weighted by molar-refractivity contribution is 7.10. The van der Waals surface area contributed by atoms with Crippen molar-refractivity contribution < 1.29 is 4.79 Å². The number of carbonyl (C=O) groups excluding carboxylic acids is 1. The van der Waals surface area contributed by atoms with E-state index in [2.05, 4.69) is 17.5 Å². The topological polar surface area (TPSA) is 23.6 Å². The van der Waals surface area contributed by atoms with Gasteiger partial charge in [0.05, 0.1) is 6.04 Å². The Kier molecular flexibility index (Phi) is 3.97. The van der Waals surface area contributed by atoms with Crippen LogP contribution in [0.2, 0.25) is 0 Å². The molecule has 21 heavy (non-hydrogen) atoms. The van der Waals surface area contributed by atoms with E-state index in [4.69, 9.17) is 0 Å². The molecule has 1 atom stereocenters. The normalized spacial score (nSPS) is 18.0. The molecule has 1 saturated heterocycles. The highest BCUT2D eigenvalue weighted by Crippen LogP contribution is 2.35. The van der Waals surface area contributed by atoms with Crippen LogP contribution >= 0.6 is 11.3 Å². The molecule has 0 N–H and O–H groups in total. The van der Waals surface area contributed by atoms with Gasteiger partial charge in [-0.25, -0.2) is 0 Å². The summed E-state index contributed by atoms with van der Waals surface area (Å²) in [6.07, 6.45) is 2.16. The van der Waals surface area contributed by atoms with Gasteiger partial charge in [-0.1, -0.05) is 6.07 Å². The maximum absolute atomic E-state index is 12.8. The van der Waals surface area contributed by atoms with Gasteiger partial charge in [-0.05, 0) is 48.6 Å². The Morgan fingerprint density at radius 1 is 1.24 bits per heavy atom. The van der Waals surface area contributed by atoms with Crippen molar-refractivity contribution in [3.63, 3.8) is 0 Å². The highest BCUT2D eigenvalue weighted by Gasteiger charge is 2.31. The molecule has 0 saturated carbocycles. The van der Waals surface area contributed by atoms with Crippen LogP contribution in [0.3, 0.4) is 0 Å². The van der Waals surface area contributed by atoms with Crippen LogP contribution in [0.15, 0.2) is 41.8 Å². The Morgan fingerprint density at radius 2 is 2.00 bits per heavy atom. The third kappa shape index (κ3) is 2.81. The minimum Gasteiger partial charge on any atom is -0.378 e. The lowest BCUT2D eigenvalue weighted by Gasteiger charge is -2.24. The fourth-order valence-corrected chi connectivity index (χ4v) is 3.73. The van der Waals surface area contributed by atoms with Crippen molar-refractivity contribution >= 4 is 22.9 Å². The first-order chi connectivity index (χ1) is 10.2. The van der Waals surface area contributed by atoms with Crippen molar-refractivity contribution in [2.75, 3.05) is 25.5 Å². The Morgan fingerprint density at radius 3 is 2.62 bits per heavy atom. The number of amides is 1. The Balaban J connectivity index is 1.81. The molecule has 2 aromatic rings. The Bertz CT molecular complexity index is 604. The van der Waals surface area contributed by atoms with Crippen molar-refractivity contribution in [3.05, 3.63) is 52.2 Å². The lowest BCUT2D eigenvalue weighted by molar-refractivity contribution is 0.0738. The number of nitrogens with zero attached hydrogens (tertiary/aromatic N) is 2. The summed E-state index contributed by atoms with van der Waals surface area (Å²) in [4.78, 5) is 18.1. The lowest BCUT2D eigenvalue weighted by Crippen LogP contribution is -2.30. The summed E-state index contributed by atoms with van der Waals surface area (Å²) in [6, 6.07) is 12.3. The quantitative estimate of drug-likeness (QED) is 0.861. The van der Waals surface area contributed by atoms with Crippen LogP contribution in [0.1, 0.15) is 34.1 Å². The van der Waals surface area contributed by atoms with Crippen LogP contribution in [0.25, 0.3) is 0 Å². The first-order valence-corrected chi connectivity index (χ1v) is 8.16. The van der Waals surface area contributed by atoms with Gasteiger partial charge in [-0.3, -0.25) is 4.79 Å². The van der Waals surface area contributed by atoms with Gasteiger partial charge in [0.2, 0.25) is 0 Å². The summed E-state index contributed by atoms with van der Waals surface area (Å²) in [5.41, 5.74) is 1.90. The highest BCUT2D eigenvalue weighted by atomic mass is 32.1. The number of thiophene rings is 1. The molecule has 1 fully saturated rings. The lowest BCUT2D eigenvalue weighted by atomic mass is 10.1. The molecule has 3 nitrogen and oxygen atoms in total. The van der Waals surface area contributed by atoms with Gasteiger partial charge in [0.25, 0.3) is 5.91 Å². The molecule has 1 aromatic carbocycles. The maximum Gasteiger partial charge on any atom is 0.254 e. The second-order valence-electron chi connectivity index (χ2n) is 5.61. The number of hydrogen-bond donors (Lipinski definition) is 0. The fraction of sp³-hybridized carbons (Fsp3) is 0.353. The summed E-state index contributed by atoms with van der Waals surface area (Å²) in [6.45, 7) is 0.858. The molecule has 110 valence electrons. The minimum absolute atomic E-state index is 0.149. The third-order valence-corrected chi connectivity index (χ3v) is 4.99. The molecule has 0 aliphatic carbocycles. The van der Waals surface area contributed by atoms with Gasteiger partial charge < -0.3 is 9.80 Å². The van der Waals surface area contributed by atoms with Crippen LogP contribution in [-0.2, 0) is 0 Å². The third-order valence-electron chi connectivity index (χ3n) is 4.02. The van der Waals surface area contributed by atoms with Gasteiger partial charge >= 0.3 is 0 Å². The molecule has 1 amide bonds. The fourth-order valence-electron chi connectivity index (χ4n) is 2.85. The second-order valence-corrected chi connectivity index (χ2v) is 6.59. The average molecular weight is 300 g/mol. The first kappa shape index (κ1) is 14.1. The van der Waals surface area contributed by atoms with Gasteiger partial charge in [-0.15, -0.1) is 11.3 Å². The second kappa shape index (κ2) is 5.90. The SMILES string of the molecule is CN(C)c1ccc(C(=O)N2CCC[C@@H]2c2cccs2)cc1.